The highest BCUT2D eigenvalue weighted by molar-refractivity contribution is 6.24. The van der Waals surface area contributed by atoms with Gasteiger partial charge in [-0.15, -0.1) is 23.2 Å². The van der Waals surface area contributed by atoms with E-state index in [2.05, 4.69) is 35.6 Å². The average molecular weight is 588 g/mol. The summed E-state index contributed by atoms with van der Waals surface area (Å²) < 4.78 is 0. The molecule has 0 amide bonds. The van der Waals surface area contributed by atoms with E-state index in [1.165, 1.54) is 16.7 Å². The van der Waals surface area contributed by atoms with Crippen LogP contribution in [0.25, 0.3) is 22.3 Å². The largest absolute Gasteiger partial charge is 0.398 e. The number of alkyl halides is 2. The van der Waals surface area contributed by atoms with Crippen LogP contribution in [0.15, 0.2) is 84.9 Å². The van der Waals surface area contributed by atoms with E-state index in [9.17, 15) is 9.59 Å². The number of carbonyl (C=O) groups excluding carboxylic acids is 3. The van der Waals surface area contributed by atoms with E-state index in [4.69, 9.17) is 33.7 Å². The van der Waals surface area contributed by atoms with Gasteiger partial charge in [0.1, 0.15) is 6.29 Å². The number of aldehydes is 1. The van der Waals surface area contributed by atoms with Crippen LogP contribution in [0, 0.1) is 0 Å². The fourth-order valence-corrected chi connectivity index (χ4v) is 5.41. The van der Waals surface area contributed by atoms with E-state index < -0.39 is 0 Å². The van der Waals surface area contributed by atoms with Gasteiger partial charge < -0.3 is 15.8 Å². The molecular formula is C34H32Cl2N2O3. The molecule has 0 aromatic heterocycles. The molecule has 0 unspecified atom stereocenters. The van der Waals surface area contributed by atoms with E-state index in [0.717, 1.165) is 46.3 Å². The molecule has 0 saturated heterocycles. The second-order valence-electron chi connectivity index (χ2n) is 9.59. The number of ketones is 2. The quantitative estimate of drug-likeness (QED) is 0.138. The first-order chi connectivity index (χ1) is 20.0. The second-order valence-corrected chi connectivity index (χ2v) is 10.3. The summed E-state index contributed by atoms with van der Waals surface area (Å²) >= 11 is 10.5. The third-order valence-corrected chi connectivity index (χ3v) is 7.38. The van der Waals surface area contributed by atoms with Crippen LogP contribution in [0.1, 0.15) is 44.7 Å². The van der Waals surface area contributed by atoms with Crippen molar-refractivity contribution in [2.24, 2.45) is 0 Å². The third kappa shape index (κ3) is 7.05. The van der Waals surface area contributed by atoms with Crippen molar-refractivity contribution in [1.82, 2.24) is 0 Å². The van der Waals surface area contributed by atoms with Crippen molar-refractivity contribution >= 4 is 52.4 Å². The summed E-state index contributed by atoms with van der Waals surface area (Å²) in [6, 6.07) is 28.3. The first kappa shape index (κ1) is 30.0. The van der Waals surface area contributed by atoms with Gasteiger partial charge in [-0.3, -0.25) is 9.59 Å². The molecule has 0 spiro atoms. The normalized spacial score (nSPS) is 12.8. The van der Waals surface area contributed by atoms with Crippen LogP contribution < -0.4 is 11.1 Å². The molecule has 2 aliphatic rings. The van der Waals surface area contributed by atoms with Gasteiger partial charge in [0.25, 0.3) is 0 Å². The van der Waals surface area contributed by atoms with Gasteiger partial charge in [0.05, 0.1) is 5.88 Å². The summed E-state index contributed by atoms with van der Waals surface area (Å²) in [5.74, 6) is 1.05. The maximum absolute atomic E-state index is 12.2. The highest BCUT2D eigenvalue weighted by Gasteiger charge is 2.26. The molecule has 0 atom stereocenters. The number of rotatable bonds is 6. The number of hydrogen-bond donors (Lipinski definition) is 2. The maximum atomic E-state index is 12.2. The second kappa shape index (κ2) is 14.6. The Balaban J connectivity index is 0.000000169. The molecule has 4 aromatic rings. The maximum Gasteiger partial charge on any atom is 0.165 e. The van der Waals surface area contributed by atoms with Crippen molar-refractivity contribution in [2.45, 2.75) is 25.7 Å². The lowest BCUT2D eigenvalue weighted by Gasteiger charge is -2.13. The highest BCUT2D eigenvalue weighted by atomic mass is 35.5. The smallest absolute Gasteiger partial charge is 0.165 e. The summed E-state index contributed by atoms with van der Waals surface area (Å²) in [5, 5.41) is 3.25. The predicted molar refractivity (Wildman–Crippen MR) is 169 cm³/mol. The van der Waals surface area contributed by atoms with Crippen molar-refractivity contribution < 1.29 is 14.4 Å². The van der Waals surface area contributed by atoms with Crippen LogP contribution in [0.4, 0.5) is 11.4 Å². The molecule has 6 rings (SSSR count). The molecule has 4 aromatic carbocycles. The fourth-order valence-electron chi connectivity index (χ4n) is 5.31. The first-order valence-corrected chi connectivity index (χ1v) is 14.6. The van der Waals surface area contributed by atoms with Gasteiger partial charge in [-0.25, -0.2) is 0 Å². The van der Waals surface area contributed by atoms with Crippen molar-refractivity contribution in [3.05, 3.63) is 107 Å². The first-order valence-electron chi connectivity index (χ1n) is 13.5. The predicted octanol–water partition coefficient (Wildman–Crippen LogP) is 7.62. The molecular weight excluding hydrogens is 555 g/mol. The molecule has 0 aliphatic heterocycles. The van der Waals surface area contributed by atoms with Crippen molar-refractivity contribution in [1.29, 1.82) is 0 Å². The number of hydrogen-bond acceptors (Lipinski definition) is 5. The molecule has 0 bridgehead atoms. The van der Waals surface area contributed by atoms with E-state index >= 15 is 0 Å². The van der Waals surface area contributed by atoms with E-state index in [1.807, 2.05) is 54.6 Å². The molecule has 7 heteroatoms. The van der Waals surface area contributed by atoms with Gasteiger partial charge in [-0.2, -0.15) is 0 Å². The Morgan fingerprint density at radius 2 is 1.17 bits per heavy atom. The summed E-state index contributed by atoms with van der Waals surface area (Å²) in [7, 11) is 0. The number of halogens is 2. The number of Topliss-reactive ketones (excluding diaryl/α,β-unsaturated/α-hetero) is 2. The number of carbonyl (C=O) groups is 3. The van der Waals surface area contributed by atoms with Crippen LogP contribution >= 0.6 is 23.2 Å². The number of anilines is 2. The van der Waals surface area contributed by atoms with Crippen LogP contribution in [0.5, 0.6) is 0 Å². The topological polar surface area (TPSA) is 89.3 Å². The standard InChI is InChI=1S/C17H16ClNO.C15H13NO.C2H3ClO/c18-10-11-19-15-8-6-13(12-4-2-1-3-5-12)14-7-9-16(20)17(14)15;16-13-8-6-11(10-4-2-1-3-5-10)12-7-9-14(17)15(12)13;3-1-2-4/h1-6,8,19H,7,9-11H2;1-6,8H,7,9,16H2;2H,1H2. The molecule has 210 valence electrons. The number of fused-ring (bicyclic) bond motifs is 2. The monoisotopic (exact) mass is 586 g/mol. The van der Waals surface area contributed by atoms with Crippen molar-refractivity contribution in [3.8, 4) is 22.3 Å². The minimum absolute atomic E-state index is 0.111. The Hall–Kier alpha value is -3.93. The molecule has 0 radical (unpaired) electrons. The zero-order valence-corrected chi connectivity index (χ0v) is 24.2. The molecule has 5 nitrogen and oxygen atoms in total. The minimum Gasteiger partial charge on any atom is -0.398 e. The molecule has 0 heterocycles. The van der Waals surface area contributed by atoms with E-state index in [-0.39, 0.29) is 17.4 Å². The van der Waals surface area contributed by atoms with Crippen molar-refractivity contribution in [3.63, 3.8) is 0 Å². The summed E-state index contributed by atoms with van der Waals surface area (Å²) in [6.07, 6.45) is 3.47. The number of nitrogens with two attached hydrogens (primary N) is 1. The molecule has 0 fully saturated rings. The lowest BCUT2D eigenvalue weighted by molar-refractivity contribution is -0.105. The molecule has 3 N–H and O–H groups in total. The number of benzene rings is 4. The van der Waals surface area contributed by atoms with Gasteiger partial charge in [0, 0.05) is 47.8 Å². The Bertz CT molecular complexity index is 1520. The third-order valence-electron chi connectivity index (χ3n) is 7.06. The van der Waals surface area contributed by atoms with Gasteiger partial charge in [-0.05, 0) is 58.4 Å². The Labute approximate surface area is 250 Å². The van der Waals surface area contributed by atoms with Crippen LogP contribution in [0.2, 0.25) is 0 Å². The van der Waals surface area contributed by atoms with Crippen molar-refractivity contribution in [2.75, 3.05) is 29.4 Å². The summed E-state index contributed by atoms with van der Waals surface area (Å²) in [5.41, 5.74) is 15.9. The zero-order chi connectivity index (χ0) is 29.2. The zero-order valence-electron chi connectivity index (χ0n) is 22.7. The SMILES string of the molecule is Nc1ccc(-c2ccccc2)c2c1C(=O)CC2.O=C1CCc2c(-c3ccccc3)ccc(NCCCl)c21.O=CCCl. The average Bonchev–Trinajstić information content (AvgIpc) is 3.61. The Morgan fingerprint density at radius 1 is 0.683 bits per heavy atom. The summed E-state index contributed by atoms with van der Waals surface area (Å²) in [4.78, 5) is 33.0. The highest BCUT2D eigenvalue weighted by Crippen LogP contribution is 2.37. The fraction of sp³-hybridized carbons (Fsp3) is 0.206. The molecule has 41 heavy (non-hydrogen) atoms. The van der Waals surface area contributed by atoms with Gasteiger partial charge >= 0.3 is 0 Å². The van der Waals surface area contributed by atoms with E-state index in [1.54, 1.807) is 0 Å². The van der Waals surface area contributed by atoms with Crippen LogP contribution in [-0.2, 0) is 17.6 Å². The lowest BCUT2D eigenvalue weighted by Crippen LogP contribution is -2.07. The minimum atomic E-state index is 0.111. The van der Waals surface area contributed by atoms with Gasteiger partial charge in [-0.1, -0.05) is 72.8 Å². The summed E-state index contributed by atoms with van der Waals surface area (Å²) in [6.45, 7) is 0.673. The van der Waals surface area contributed by atoms with Crippen LogP contribution in [-0.4, -0.2) is 36.2 Å². The lowest BCUT2D eigenvalue weighted by atomic mass is 9.95. The Kier molecular flexibility index (Phi) is 10.7. The van der Waals surface area contributed by atoms with E-state index in [0.29, 0.717) is 37.2 Å². The van der Waals surface area contributed by atoms with Crippen LogP contribution in [0.3, 0.4) is 0 Å². The van der Waals surface area contributed by atoms with Gasteiger partial charge in [0.15, 0.2) is 11.6 Å². The van der Waals surface area contributed by atoms with Gasteiger partial charge in [0.2, 0.25) is 0 Å². The Morgan fingerprint density at radius 3 is 1.68 bits per heavy atom. The molecule has 2 aliphatic carbocycles. The number of nitrogens with one attached hydrogen (secondary N) is 1. The molecule has 0 saturated carbocycles. The number of nitrogen functional groups attached to an aromatic ring is 1.